The van der Waals surface area contributed by atoms with Crippen LogP contribution in [0.5, 0.6) is 11.5 Å². The zero-order valence-electron chi connectivity index (χ0n) is 26.1. The minimum atomic E-state index is 0. The van der Waals surface area contributed by atoms with Gasteiger partial charge in [0.05, 0.1) is 0 Å². The minimum Gasteiger partial charge on any atom is -0.509 e. The van der Waals surface area contributed by atoms with Gasteiger partial charge in [-0.15, -0.1) is 42.4 Å². The van der Waals surface area contributed by atoms with E-state index in [9.17, 15) is 0 Å². The summed E-state index contributed by atoms with van der Waals surface area (Å²) in [6.07, 6.45) is 7.80. The molecule has 4 aliphatic rings. The van der Waals surface area contributed by atoms with Crippen LogP contribution < -0.4 is 14.5 Å². The second kappa shape index (κ2) is 11.0. The van der Waals surface area contributed by atoms with Crippen molar-refractivity contribution in [2.45, 2.75) is 51.5 Å². The number of fused-ring (bicyclic) bond motifs is 5. The average molecular weight is 784 g/mol. The standard InChI is InChI=1S/C39H34N5O.Pt/c1-39(2,3)27-17-19-40-36(21-27)44-33-11-5-4-10-31(33)32-16-15-30(23-35(32)44)45-29-9-6-8-28(22-29)42-24-43(34-12-7-18-41-38(34)42)37-25-13-14-26(37)20-25;/h4-12,15-19,21,24-26,37H,13-14,20H2,1-3H3;/q-3;. The molecule has 3 aromatic heterocycles. The van der Waals surface area contributed by atoms with Crippen LogP contribution in [0.15, 0.2) is 91.3 Å². The van der Waals surface area contributed by atoms with Crippen LogP contribution in [0.2, 0.25) is 0 Å². The molecular weight excluding hydrogens is 750 g/mol. The topological polar surface area (TPSA) is 46.4 Å². The van der Waals surface area contributed by atoms with Crippen molar-refractivity contribution in [1.82, 2.24) is 14.5 Å². The van der Waals surface area contributed by atoms with Crippen LogP contribution in [0.3, 0.4) is 0 Å². The summed E-state index contributed by atoms with van der Waals surface area (Å²) in [5.74, 6) is 4.64. The molecule has 3 saturated carbocycles. The molecule has 3 aliphatic carbocycles. The zero-order valence-corrected chi connectivity index (χ0v) is 28.3. The van der Waals surface area contributed by atoms with Gasteiger partial charge in [0, 0.05) is 62.2 Å². The Hall–Kier alpha value is -4.15. The number of hydrogen-bond acceptors (Lipinski definition) is 5. The van der Waals surface area contributed by atoms with E-state index in [1.54, 1.807) is 0 Å². The van der Waals surface area contributed by atoms with E-state index in [0.29, 0.717) is 17.5 Å². The van der Waals surface area contributed by atoms with E-state index in [2.05, 4.69) is 109 Å². The number of para-hydroxylation sites is 1. The van der Waals surface area contributed by atoms with Crippen LogP contribution in [0.25, 0.3) is 27.6 Å². The first-order valence-corrected chi connectivity index (χ1v) is 15.9. The minimum absolute atomic E-state index is 0. The summed E-state index contributed by atoms with van der Waals surface area (Å²) in [5.41, 5.74) is 5.34. The fourth-order valence-electron chi connectivity index (χ4n) is 7.68. The number of anilines is 3. The molecule has 0 N–H and O–H groups in total. The molecule has 0 saturated heterocycles. The van der Waals surface area contributed by atoms with Crippen LogP contribution in [0.1, 0.15) is 45.6 Å². The third-order valence-corrected chi connectivity index (χ3v) is 9.94. The van der Waals surface area contributed by atoms with Gasteiger partial charge in [-0.25, -0.2) is 9.97 Å². The molecule has 0 radical (unpaired) electrons. The van der Waals surface area contributed by atoms with Gasteiger partial charge in [-0.2, -0.15) is 12.1 Å². The normalized spacial score (nSPS) is 20.1. The number of benzene rings is 3. The van der Waals surface area contributed by atoms with Crippen molar-refractivity contribution in [3.63, 3.8) is 0 Å². The van der Waals surface area contributed by atoms with Crippen LogP contribution >= 0.6 is 0 Å². The zero-order chi connectivity index (χ0) is 30.3. The maximum absolute atomic E-state index is 6.47. The van der Waals surface area contributed by atoms with Gasteiger partial charge in [-0.05, 0) is 77.8 Å². The van der Waals surface area contributed by atoms with Crippen molar-refractivity contribution in [2.75, 3.05) is 9.80 Å². The van der Waals surface area contributed by atoms with Crippen molar-refractivity contribution in [1.29, 1.82) is 0 Å². The summed E-state index contributed by atoms with van der Waals surface area (Å²) < 4.78 is 8.66. The first-order chi connectivity index (χ1) is 21.9. The van der Waals surface area contributed by atoms with Gasteiger partial charge < -0.3 is 19.1 Å². The molecule has 6 aromatic rings. The molecule has 2 atom stereocenters. The van der Waals surface area contributed by atoms with Crippen LogP contribution in [0, 0.1) is 30.6 Å². The molecule has 10 rings (SSSR count). The molecule has 3 fully saturated rings. The summed E-state index contributed by atoms with van der Waals surface area (Å²) >= 11 is 0. The maximum Gasteiger partial charge on any atom is 0.135 e. The molecule has 0 spiro atoms. The van der Waals surface area contributed by atoms with E-state index in [4.69, 9.17) is 14.7 Å². The van der Waals surface area contributed by atoms with E-state index in [0.717, 1.165) is 51.0 Å². The number of nitrogens with zero attached hydrogens (tertiary/aromatic N) is 5. The molecular formula is C39H34N5OPt-3. The average Bonchev–Trinajstić information content (AvgIpc) is 3.83. The Labute approximate surface area is 284 Å². The number of pyridine rings is 2. The number of aromatic nitrogens is 3. The van der Waals surface area contributed by atoms with Gasteiger partial charge in [-0.1, -0.05) is 50.2 Å². The molecule has 46 heavy (non-hydrogen) atoms. The Morgan fingerprint density at radius 3 is 2.48 bits per heavy atom. The molecule has 4 heterocycles. The van der Waals surface area contributed by atoms with E-state index in [-0.39, 0.29) is 26.5 Å². The summed E-state index contributed by atoms with van der Waals surface area (Å²) in [6, 6.07) is 34.8. The van der Waals surface area contributed by atoms with E-state index in [1.807, 2.05) is 36.7 Å². The van der Waals surface area contributed by atoms with Gasteiger partial charge in [0.2, 0.25) is 0 Å². The molecule has 6 nitrogen and oxygen atoms in total. The van der Waals surface area contributed by atoms with Crippen molar-refractivity contribution in [3.05, 3.63) is 116 Å². The van der Waals surface area contributed by atoms with Gasteiger partial charge in [0.1, 0.15) is 11.6 Å². The first-order valence-electron chi connectivity index (χ1n) is 15.9. The monoisotopic (exact) mass is 783 g/mol. The molecule has 2 unspecified atom stereocenters. The second-order valence-electron chi connectivity index (χ2n) is 13.7. The van der Waals surface area contributed by atoms with E-state index in [1.165, 1.54) is 30.5 Å². The number of rotatable bonds is 5. The molecule has 1 aliphatic heterocycles. The quantitative estimate of drug-likeness (QED) is 0.163. The summed E-state index contributed by atoms with van der Waals surface area (Å²) in [6.45, 7) is 8.90. The summed E-state index contributed by atoms with van der Waals surface area (Å²) in [7, 11) is 0. The fourth-order valence-corrected chi connectivity index (χ4v) is 7.68. The van der Waals surface area contributed by atoms with Crippen molar-refractivity contribution in [3.8, 4) is 17.3 Å². The van der Waals surface area contributed by atoms with Gasteiger partial charge >= 0.3 is 0 Å². The largest absolute Gasteiger partial charge is 0.509 e. The van der Waals surface area contributed by atoms with Crippen molar-refractivity contribution >= 4 is 39.0 Å². The second-order valence-corrected chi connectivity index (χ2v) is 13.7. The predicted molar refractivity (Wildman–Crippen MR) is 179 cm³/mol. The molecule has 0 amide bonds. The molecule has 2 bridgehead atoms. The Kier molecular flexibility index (Phi) is 6.99. The van der Waals surface area contributed by atoms with Gasteiger partial charge in [0.15, 0.2) is 0 Å². The molecule has 7 heteroatoms. The van der Waals surface area contributed by atoms with Crippen molar-refractivity contribution < 1.29 is 25.8 Å². The van der Waals surface area contributed by atoms with Crippen LogP contribution in [-0.2, 0) is 26.5 Å². The Bertz CT molecular complexity index is 2080. The van der Waals surface area contributed by atoms with E-state index >= 15 is 0 Å². The smallest absolute Gasteiger partial charge is 0.135 e. The third-order valence-electron chi connectivity index (χ3n) is 9.94. The number of ether oxygens (including phenoxy) is 1. The van der Waals surface area contributed by atoms with Crippen LogP contribution in [0.4, 0.5) is 17.2 Å². The fraction of sp³-hybridized carbons (Fsp3) is 0.256. The Morgan fingerprint density at radius 1 is 0.826 bits per heavy atom. The van der Waals surface area contributed by atoms with Gasteiger partial charge in [0.25, 0.3) is 0 Å². The first kappa shape index (κ1) is 29.3. The summed E-state index contributed by atoms with van der Waals surface area (Å²) in [4.78, 5) is 14.2. The van der Waals surface area contributed by atoms with Crippen molar-refractivity contribution in [2.24, 2.45) is 11.8 Å². The molecule has 3 aromatic carbocycles. The number of hydrogen-bond donors (Lipinski definition) is 0. The third kappa shape index (κ3) is 4.64. The van der Waals surface area contributed by atoms with Crippen LogP contribution in [-0.4, -0.2) is 20.6 Å². The Balaban J connectivity index is 0.00000312. The Morgan fingerprint density at radius 2 is 1.65 bits per heavy atom. The van der Waals surface area contributed by atoms with E-state index < -0.39 is 0 Å². The molecule has 234 valence electrons. The SMILES string of the molecule is CC(C)(C)c1ccnc(-n2c3[c-]c(Oc4[c-]c(N5[CH-]N(C6C7CCC6C7)c6cccnc65)ccc4)ccc3c3ccccc32)c1.[Pt]. The summed E-state index contributed by atoms with van der Waals surface area (Å²) in [5, 5.41) is 2.27. The predicted octanol–water partition coefficient (Wildman–Crippen LogP) is 9.14. The van der Waals surface area contributed by atoms with Gasteiger partial charge in [-0.3, -0.25) is 0 Å². The maximum atomic E-state index is 6.47.